The van der Waals surface area contributed by atoms with E-state index in [2.05, 4.69) is 27.8 Å². The van der Waals surface area contributed by atoms with Crippen molar-refractivity contribution in [1.29, 1.82) is 0 Å². The van der Waals surface area contributed by atoms with Crippen molar-refractivity contribution in [1.82, 2.24) is 15.5 Å². The SMILES string of the molecule is CCC(C)NC(=O)CSc1nnc(NC2CC2)s1. The van der Waals surface area contributed by atoms with E-state index in [4.69, 9.17) is 0 Å². The maximum absolute atomic E-state index is 11.6. The first kappa shape index (κ1) is 13.6. The second-order valence-corrected chi connectivity index (χ2v) is 6.66. The van der Waals surface area contributed by atoms with Crippen LogP contribution in [-0.2, 0) is 4.79 Å². The quantitative estimate of drug-likeness (QED) is 0.752. The Balaban J connectivity index is 1.71. The fourth-order valence-electron chi connectivity index (χ4n) is 1.27. The first-order valence-electron chi connectivity index (χ1n) is 6.19. The van der Waals surface area contributed by atoms with Crippen LogP contribution < -0.4 is 10.6 Å². The number of hydrogen-bond acceptors (Lipinski definition) is 6. The number of carbonyl (C=O) groups excluding carboxylic acids is 1. The van der Waals surface area contributed by atoms with Gasteiger partial charge in [0.05, 0.1) is 5.75 Å². The second kappa shape index (κ2) is 6.38. The largest absolute Gasteiger partial charge is 0.357 e. The third-order valence-electron chi connectivity index (χ3n) is 2.66. The van der Waals surface area contributed by atoms with Gasteiger partial charge in [0.25, 0.3) is 0 Å². The highest BCUT2D eigenvalue weighted by atomic mass is 32.2. The second-order valence-electron chi connectivity index (χ2n) is 4.46. The van der Waals surface area contributed by atoms with Crippen molar-refractivity contribution in [2.24, 2.45) is 0 Å². The molecular formula is C11H18N4OS2. The van der Waals surface area contributed by atoms with Gasteiger partial charge in [0.1, 0.15) is 0 Å². The molecule has 7 heteroatoms. The summed E-state index contributed by atoms with van der Waals surface area (Å²) >= 11 is 2.96. The average molecular weight is 286 g/mol. The number of thioether (sulfide) groups is 1. The molecule has 0 aromatic carbocycles. The minimum Gasteiger partial charge on any atom is -0.357 e. The van der Waals surface area contributed by atoms with Gasteiger partial charge in [-0.05, 0) is 26.2 Å². The molecule has 5 nitrogen and oxygen atoms in total. The molecule has 0 radical (unpaired) electrons. The van der Waals surface area contributed by atoms with Gasteiger partial charge in [-0.3, -0.25) is 4.79 Å². The molecule has 1 aromatic heterocycles. The van der Waals surface area contributed by atoms with E-state index in [1.807, 2.05) is 6.92 Å². The minimum atomic E-state index is 0.0567. The average Bonchev–Trinajstić information content (AvgIpc) is 3.04. The number of hydrogen-bond donors (Lipinski definition) is 2. The highest BCUT2D eigenvalue weighted by Crippen LogP contribution is 2.29. The van der Waals surface area contributed by atoms with Crippen LogP contribution in [0.25, 0.3) is 0 Å². The van der Waals surface area contributed by atoms with E-state index in [0.717, 1.165) is 15.9 Å². The van der Waals surface area contributed by atoms with Crippen LogP contribution >= 0.6 is 23.1 Å². The molecule has 1 heterocycles. The highest BCUT2D eigenvalue weighted by molar-refractivity contribution is 8.01. The highest BCUT2D eigenvalue weighted by Gasteiger charge is 2.22. The predicted molar refractivity (Wildman–Crippen MR) is 75.2 cm³/mol. The summed E-state index contributed by atoms with van der Waals surface area (Å²) < 4.78 is 0.845. The molecule has 1 aliphatic carbocycles. The Morgan fingerprint density at radius 2 is 2.33 bits per heavy atom. The van der Waals surface area contributed by atoms with E-state index >= 15 is 0 Å². The first-order chi connectivity index (χ1) is 8.67. The Hall–Kier alpha value is -0.820. The van der Waals surface area contributed by atoms with Crippen LogP contribution in [0.1, 0.15) is 33.1 Å². The summed E-state index contributed by atoms with van der Waals surface area (Å²) in [4.78, 5) is 11.6. The van der Waals surface area contributed by atoms with E-state index in [9.17, 15) is 4.79 Å². The zero-order chi connectivity index (χ0) is 13.0. The molecule has 100 valence electrons. The van der Waals surface area contributed by atoms with Crippen molar-refractivity contribution in [3.8, 4) is 0 Å². The van der Waals surface area contributed by atoms with Crippen LogP contribution in [0.5, 0.6) is 0 Å². The standard InChI is InChI=1S/C11H18N4OS2/c1-3-7(2)12-9(16)6-17-11-15-14-10(18-11)13-8-4-5-8/h7-8H,3-6H2,1-2H3,(H,12,16)(H,13,14). The van der Waals surface area contributed by atoms with Crippen LogP contribution in [-0.4, -0.2) is 33.9 Å². The number of amides is 1. The summed E-state index contributed by atoms with van der Waals surface area (Å²) in [5, 5.41) is 15.2. The summed E-state index contributed by atoms with van der Waals surface area (Å²) in [5.74, 6) is 0.462. The lowest BCUT2D eigenvalue weighted by Gasteiger charge is -2.09. The van der Waals surface area contributed by atoms with Gasteiger partial charge in [-0.25, -0.2) is 0 Å². The van der Waals surface area contributed by atoms with Crippen molar-refractivity contribution in [3.05, 3.63) is 0 Å². The number of rotatable bonds is 7. The Labute approximate surface area is 115 Å². The summed E-state index contributed by atoms with van der Waals surface area (Å²) in [6.07, 6.45) is 3.39. The molecule has 1 saturated carbocycles. The number of aromatic nitrogens is 2. The van der Waals surface area contributed by atoms with E-state index in [1.54, 1.807) is 0 Å². The van der Waals surface area contributed by atoms with Gasteiger partial charge in [-0.2, -0.15) is 0 Å². The van der Waals surface area contributed by atoms with Crippen LogP contribution in [0.2, 0.25) is 0 Å². The first-order valence-corrected chi connectivity index (χ1v) is 7.99. The number of nitrogens with zero attached hydrogens (tertiary/aromatic N) is 2. The molecule has 1 aromatic rings. The van der Waals surface area contributed by atoms with E-state index in [1.165, 1.54) is 35.9 Å². The van der Waals surface area contributed by atoms with Gasteiger partial charge in [-0.1, -0.05) is 30.0 Å². The molecule has 1 unspecified atom stereocenters. The summed E-state index contributed by atoms with van der Waals surface area (Å²) in [6, 6.07) is 0.823. The number of anilines is 1. The van der Waals surface area contributed by atoms with Gasteiger partial charge in [0.15, 0.2) is 4.34 Å². The molecule has 18 heavy (non-hydrogen) atoms. The molecule has 1 atom stereocenters. The van der Waals surface area contributed by atoms with E-state index < -0.39 is 0 Å². The van der Waals surface area contributed by atoms with Crippen molar-refractivity contribution < 1.29 is 4.79 Å². The van der Waals surface area contributed by atoms with Crippen LogP contribution in [0, 0.1) is 0 Å². The smallest absolute Gasteiger partial charge is 0.230 e. The molecule has 2 rings (SSSR count). The lowest BCUT2D eigenvalue weighted by Crippen LogP contribution is -2.33. The van der Waals surface area contributed by atoms with Gasteiger partial charge in [-0.15, -0.1) is 10.2 Å². The van der Waals surface area contributed by atoms with E-state index in [-0.39, 0.29) is 11.9 Å². The summed E-state index contributed by atoms with van der Waals surface area (Å²) in [6.45, 7) is 4.06. The third-order valence-corrected chi connectivity index (χ3v) is 4.65. The normalized spacial score (nSPS) is 16.3. The Bertz CT molecular complexity index is 406. The van der Waals surface area contributed by atoms with Crippen LogP contribution in [0.3, 0.4) is 0 Å². The zero-order valence-corrected chi connectivity index (χ0v) is 12.2. The maximum atomic E-state index is 11.6. The lowest BCUT2D eigenvalue weighted by molar-refractivity contribution is -0.119. The maximum Gasteiger partial charge on any atom is 0.230 e. The Morgan fingerprint density at radius 1 is 1.56 bits per heavy atom. The van der Waals surface area contributed by atoms with Gasteiger partial charge in [0.2, 0.25) is 11.0 Å². The van der Waals surface area contributed by atoms with Gasteiger partial charge >= 0.3 is 0 Å². The topological polar surface area (TPSA) is 66.9 Å². The summed E-state index contributed by atoms with van der Waals surface area (Å²) in [7, 11) is 0. The number of nitrogens with one attached hydrogen (secondary N) is 2. The van der Waals surface area contributed by atoms with E-state index in [0.29, 0.717) is 11.8 Å². The van der Waals surface area contributed by atoms with Crippen molar-refractivity contribution in [3.63, 3.8) is 0 Å². The van der Waals surface area contributed by atoms with Crippen LogP contribution in [0.15, 0.2) is 4.34 Å². The van der Waals surface area contributed by atoms with Gasteiger partial charge in [0, 0.05) is 12.1 Å². The molecule has 0 spiro atoms. The molecule has 0 saturated heterocycles. The zero-order valence-electron chi connectivity index (χ0n) is 10.6. The van der Waals surface area contributed by atoms with Gasteiger partial charge < -0.3 is 10.6 Å². The number of carbonyl (C=O) groups is 1. The monoisotopic (exact) mass is 286 g/mol. The van der Waals surface area contributed by atoms with Crippen molar-refractivity contribution in [2.45, 2.75) is 49.5 Å². The molecule has 1 amide bonds. The molecular weight excluding hydrogens is 268 g/mol. The lowest BCUT2D eigenvalue weighted by atomic mass is 10.3. The fraction of sp³-hybridized carbons (Fsp3) is 0.727. The molecule has 1 aliphatic rings. The Kier molecular flexibility index (Phi) is 4.82. The minimum absolute atomic E-state index is 0.0567. The summed E-state index contributed by atoms with van der Waals surface area (Å²) in [5.41, 5.74) is 0. The molecule has 2 N–H and O–H groups in total. The molecule has 0 aliphatic heterocycles. The molecule has 0 bridgehead atoms. The van der Waals surface area contributed by atoms with Crippen molar-refractivity contribution >= 4 is 34.1 Å². The predicted octanol–water partition coefficient (Wildman–Crippen LogP) is 2.12. The third kappa shape index (κ3) is 4.45. The van der Waals surface area contributed by atoms with Crippen molar-refractivity contribution in [2.75, 3.05) is 11.1 Å². The molecule has 1 fully saturated rings. The van der Waals surface area contributed by atoms with Crippen LogP contribution in [0.4, 0.5) is 5.13 Å². The Morgan fingerprint density at radius 3 is 3.00 bits per heavy atom. The fourth-order valence-corrected chi connectivity index (χ4v) is 2.91.